The van der Waals surface area contributed by atoms with Crippen molar-refractivity contribution in [1.82, 2.24) is 14.9 Å². The molecule has 4 aliphatic rings. The highest BCUT2D eigenvalue weighted by atomic mass is 16.5. The van der Waals surface area contributed by atoms with Crippen molar-refractivity contribution in [3.05, 3.63) is 46.5 Å². The molecular formula is C24H29N3O2. The Hall–Kier alpha value is -2.14. The average molecular weight is 392 g/mol. The third-order valence-electron chi connectivity index (χ3n) is 7.02. The molecule has 1 saturated carbocycles. The molecule has 1 saturated heterocycles. The Morgan fingerprint density at radius 3 is 2.90 bits per heavy atom. The minimum atomic E-state index is 0.255. The van der Waals surface area contributed by atoms with Gasteiger partial charge in [-0.15, -0.1) is 0 Å². The van der Waals surface area contributed by atoms with Crippen molar-refractivity contribution in [2.24, 2.45) is 0 Å². The molecule has 0 spiro atoms. The van der Waals surface area contributed by atoms with E-state index in [4.69, 9.17) is 19.4 Å². The highest BCUT2D eigenvalue weighted by Crippen LogP contribution is 2.46. The Bertz CT molecular complexity index is 955. The number of nitrogens with zero attached hydrogens (tertiary/aromatic N) is 3. The number of rotatable bonds is 5. The summed E-state index contributed by atoms with van der Waals surface area (Å²) in [5.74, 6) is 3.77. The Kier molecular flexibility index (Phi) is 4.09. The fourth-order valence-corrected chi connectivity index (χ4v) is 5.47. The monoisotopic (exact) mass is 391 g/mol. The molecule has 2 bridgehead atoms. The summed E-state index contributed by atoms with van der Waals surface area (Å²) < 4.78 is 12.1. The maximum absolute atomic E-state index is 6.04. The molecule has 2 aromatic rings. The van der Waals surface area contributed by atoms with Gasteiger partial charge in [-0.25, -0.2) is 9.97 Å². The van der Waals surface area contributed by atoms with Crippen LogP contribution in [0.15, 0.2) is 18.3 Å². The molecule has 6 rings (SSSR count). The van der Waals surface area contributed by atoms with Gasteiger partial charge in [0.2, 0.25) is 0 Å². The van der Waals surface area contributed by atoms with Crippen molar-refractivity contribution < 1.29 is 9.47 Å². The van der Waals surface area contributed by atoms with Gasteiger partial charge >= 0.3 is 0 Å². The second-order valence-corrected chi connectivity index (χ2v) is 9.16. The molecule has 1 aliphatic carbocycles. The average Bonchev–Trinajstić information content (AvgIpc) is 3.44. The summed E-state index contributed by atoms with van der Waals surface area (Å²) in [4.78, 5) is 12.4. The van der Waals surface area contributed by atoms with Crippen molar-refractivity contribution in [1.29, 1.82) is 0 Å². The lowest BCUT2D eigenvalue weighted by molar-refractivity contribution is 0.163. The Balaban J connectivity index is 1.31. The van der Waals surface area contributed by atoms with Crippen LogP contribution in [-0.2, 0) is 19.4 Å². The Labute approximate surface area is 172 Å². The standard InChI is InChI=1S/C24H29N3O2/c1-3-28-22-9-16-8-14(2)29-23(16)10-17(22)13-27-18-6-7-21(27)19-12-25-24(15-4-5-15)26-20(19)11-18/h9-10,12,14-15,18,21H,3-8,11,13H2,1-2H3. The van der Waals surface area contributed by atoms with Crippen LogP contribution in [0.25, 0.3) is 0 Å². The van der Waals surface area contributed by atoms with Gasteiger partial charge in [-0.3, -0.25) is 4.90 Å². The summed E-state index contributed by atoms with van der Waals surface area (Å²) >= 11 is 0. The van der Waals surface area contributed by atoms with Crippen LogP contribution in [0.3, 0.4) is 0 Å². The predicted molar refractivity (Wildman–Crippen MR) is 110 cm³/mol. The van der Waals surface area contributed by atoms with Gasteiger partial charge in [0, 0.05) is 60.3 Å². The minimum Gasteiger partial charge on any atom is -0.494 e. The van der Waals surface area contributed by atoms with Crippen LogP contribution in [-0.4, -0.2) is 33.6 Å². The summed E-state index contributed by atoms with van der Waals surface area (Å²) in [5, 5.41) is 0. The number of aromatic nitrogens is 2. The first-order valence-corrected chi connectivity index (χ1v) is 11.3. The van der Waals surface area contributed by atoms with Crippen molar-refractivity contribution in [2.45, 2.75) is 83.0 Å². The van der Waals surface area contributed by atoms with Crippen LogP contribution in [0.2, 0.25) is 0 Å². The molecule has 0 N–H and O–H groups in total. The molecule has 152 valence electrons. The van der Waals surface area contributed by atoms with Crippen molar-refractivity contribution >= 4 is 0 Å². The summed E-state index contributed by atoms with van der Waals surface area (Å²) in [6, 6.07) is 5.44. The third-order valence-corrected chi connectivity index (χ3v) is 7.02. The molecule has 29 heavy (non-hydrogen) atoms. The predicted octanol–water partition coefficient (Wildman–Crippen LogP) is 4.34. The van der Waals surface area contributed by atoms with Gasteiger partial charge < -0.3 is 9.47 Å². The number of benzene rings is 1. The molecule has 3 unspecified atom stereocenters. The summed E-state index contributed by atoms with van der Waals surface area (Å²) in [6.45, 7) is 5.79. The second kappa shape index (κ2) is 6.69. The Morgan fingerprint density at radius 1 is 1.17 bits per heavy atom. The van der Waals surface area contributed by atoms with Gasteiger partial charge in [0.1, 0.15) is 23.4 Å². The minimum absolute atomic E-state index is 0.255. The summed E-state index contributed by atoms with van der Waals surface area (Å²) in [7, 11) is 0. The molecule has 3 aliphatic heterocycles. The van der Waals surface area contributed by atoms with Crippen molar-refractivity contribution in [2.75, 3.05) is 6.61 Å². The van der Waals surface area contributed by atoms with Gasteiger partial charge in [-0.2, -0.15) is 0 Å². The van der Waals surface area contributed by atoms with Crippen LogP contribution in [0.1, 0.15) is 79.7 Å². The fraction of sp³-hybridized carbons (Fsp3) is 0.583. The van der Waals surface area contributed by atoms with E-state index < -0.39 is 0 Å². The van der Waals surface area contributed by atoms with Crippen LogP contribution in [0, 0.1) is 0 Å². The molecular weight excluding hydrogens is 362 g/mol. The topological polar surface area (TPSA) is 47.5 Å². The van der Waals surface area contributed by atoms with Gasteiger partial charge in [0.05, 0.1) is 12.3 Å². The van der Waals surface area contributed by atoms with Crippen molar-refractivity contribution in [3.63, 3.8) is 0 Å². The van der Waals surface area contributed by atoms with Crippen LogP contribution in [0.4, 0.5) is 0 Å². The maximum atomic E-state index is 6.04. The van der Waals surface area contributed by atoms with E-state index in [1.165, 1.54) is 48.1 Å². The summed E-state index contributed by atoms with van der Waals surface area (Å²) in [5.41, 5.74) is 5.18. The van der Waals surface area contributed by atoms with E-state index in [-0.39, 0.29) is 6.10 Å². The van der Waals surface area contributed by atoms with Gasteiger partial charge in [-0.1, -0.05) is 0 Å². The summed E-state index contributed by atoms with van der Waals surface area (Å²) in [6.07, 6.45) is 9.37. The SMILES string of the molecule is CCOc1cc2c(cc1CN1C3CCC1c1cnc(C4CC4)nc1C3)OC(C)C2. The van der Waals surface area contributed by atoms with E-state index in [1.807, 2.05) is 0 Å². The number of hydrogen-bond donors (Lipinski definition) is 0. The van der Waals surface area contributed by atoms with Crippen LogP contribution in [0.5, 0.6) is 11.5 Å². The number of hydrogen-bond acceptors (Lipinski definition) is 5. The molecule has 0 amide bonds. The molecule has 4 heterocycles. The van der Waals surface area contributed by atoms with E-state index in [0.717, 1.165) is 36.7 Å². The molecule has 2 fully saturated rings. The molecule has 3 atom stereocenters. The van der Waals surface area contributed by atoms with Gasteiger partial charge in [0.25, 0.3) is 0 Å². The Morgan fingerprint density at radius 2 is 2.07 bits per heavy atom. The largest absolute Gasteiger partial charge is 0.494 e. The molecule has 1 aromatic carbocycles. The van der Waals surface area contributed by atoms with Gasteiger partial charge in [-0.05, 0) is 51.7 Å². The second-order valence-electron chi connectivity index (χ2n) is 9.16. The zero-order chi connectivity index (χ0) is 19.5. The molecule has 5 nitrogen and oxygen atoms in total. The van der Waals surface area contributed by atoms with Gasteiger partial charge in [0.15, 0.2) is 0 Å². The normalized spacial score (nSPS) is 27.4. The highest BCUT2D eigenvalue weighted by Gasteiger charge is 2.42. The first kappa shape index (κ1) is 17.7. The lowest BCUT2D eigenvalue weighted by atomic mass is 9.97. The fourth-order valence-electron chi connectivity index (χ4n) is 5.47. The van der Waals surface area contributed by atoms with E-state index in [1.54, 1.807) is 0 Å². The first-order valence-electron chi connectivity index (χ1n) is 11.3. The smallest absolute Gasteiger partial charge is 0.131 e. The van der Waals surface area contributed by atoms with Crippen LogP contribution >= 0.6 is 0 Å². The van der Waals surface area contributed by atoms with Crippen molar-refractivity contribution in [3.8, 4) is 11.5 Å². The zero-order valence-electron chi connectivity index (χ0n) is 17.4. The number of fused-ring (bicyclic) bond motifs is 5. The van der Waals surface area contributed by atoms with Crippen LogP contribution < -0.4 is 9.47 Å². The molecule has 0 radical (unpaired) electrons. The van der Waals surface area contributed by atoms with E-state index in [9.17, 15) is 0 Å². The number of ether oxygens (including phenoxy) is 2. The molecule has 5 heteroatoms. The zero-order valence-corrected chi connectivity index (χ0v) is 17.4. The highest BCUT2D eigenvalue weighted by molar-refractivity contribution is 5.49. The van der Waals surface area contributed by atoms with E-state index in [2.05, 4.69) is 37.1 Å². The maximum Gasteiger partial charge on any atom is 0.131 e. The molecule has 1 aromatic heterocycles. The van der Waals surface area contributed by atoms with E-state index in [0.29, 0.717) is 24.6 Å². The van der Waals surface area contributed by atoms with E-state index >= 15 is 0 Å². The lowest BCUT2D eigenvalue weighted by Crippen LogP contribution is -2.37. The quantitative estimate of drug-likeness (QED) is 0.759. The third kappa shape index (κ3) is 3.02. The first-order chi connectivity index (χ1) is 14.2. The lowest BCUT2D eigenvalue weighted by Gasteiger charge is -2.36.